The fraction of sp³-hybridized carbons (Fsp3) is 1.00. The molecule has 68 valence electrons. The Bertz CT molecular complexity index is 126. The lowest BCUT2D eigenvalue weighted by Gasteiger charge is -2.28. The maximum Gasteiger partial charge on any atom is 0.429 e. The van der Waals surface area contributed by atoms with Crippen molar-refractivity contribution in [2.75, 3.05) is 0 Å². The fourth-order valence-corrected chi connectivity index (χ4v) is 0.189. The van der Waals surface area contributed by atoms with Gasteiger partial charge in [0.25, 0.3) is 5.67 Å². The molecule has 0 radical (unpaired) electrons. The van der Waals surface area contributed by atoms with Gasteiger partial charge in [0.05, 0.1) is 0 Å². The molecule has 7 heteroatoms. The highest BCUT2D eigenvalue weighted by molar-refractivity contribution is 4.92. The summed E-state index contributed by atoms with van der Waals surface area (Å²) < 4.78 is 69.6. The minimum absolute atomic E-state index is 0.312. The Morgan fingerprint density at radius 3 is 1.18 bits per heavy atom. The zero-order valence-electron chi connectivity index (χ0n) is 5.35. The first-order chi connectivity index (χ1) is 4.50. The van der Waals surface area contributed by atoms with Gasteiger partial charge in [-0.2, -0.15) is 22.0 Å². The third kappa shape index (κ3) is 1.76. The van der Waals surface area contributed by atoms with Crippen molar-refractivity contribution in [3.05, 3.63) is 0 Å². The van der Waals surface area contributed by atoms with Crippen LogP contribution in [0.25, 0.3) is 0 Å². The number of hydrogen-bond acceptors (Lipinski definition) is 1. The predicted octanol–water partition coefficient (Wildman–Crippen LogP) is 1.83. The van der Waals surface area contributed by atoms with Gasteiger partial charge in [-0.05, 0) is 6.92 Å². The molecule has 0 bridgehead atoms. The van der Waals surface area contributed by atoms with E-state index in [9.17, 15) is 26.3 Å². The topological polar surface area (TPSA) is 26.0 Å². The molecule has 1 nitrogen and oxygen atoms in total. The lowest BCUT2D eigenvalue weighted by Crippen LogP contribution is -2.58. The first-order valence-electron chi connectivity index (χ1n) is 2.42. The van der Waals surface area contributed by atoms with Crippen molar-refractivity contribution in [3.8, 4) is 0 Å². The second kappa shape index (κ2) is 2.26. The minimum Gasteiger partial charge on any atom is -0.269 e. The number of halogens is 6. The summed E-state index contributed by atoms with van der Waals surface area (Å²) in [6.07, 6.45) is -5.66. The molecule has 0 aromatic carbocycles. The molecule has 0 saturated heterocycles. The highest BCUT2D eigenvalue weighted by Gasteiger charge is 2.66. The molecule has 0 aromatic rings. The van der Waals surface area contributed by atoms with E-state index < -0.39 is 17.9 Å². The van der Waals surface area contributed by atoms with Gasteiger partial charge in [0.1, 0.15) is 0 Å². The van der Waals surface area contributed by atoms with Crippen LogP contribution >= 0.6 is 0 Å². The molecule has 0 aliphatic carbocycles. The van der Waals surface area contributed by atoms with Crippen LogP contribution in [0.15, 0.2) is 0 Å². The molecule has 0 heterocycles. The zero-order chi connectivity index (χ0) is 9.50. The Morgan fingerprint density at radius 1 is 0.909 bits per heavy atom. The van der Waals surface area contributed by atoms with Crippen molar-refractivity contribution in [1.29, 1.82) is 0 Å². The summed E-state index contributed by atoms with van der Waals surface area (Å²) in [6.45, 7) is -0.312. The predicted molar refractivity (Wildman–Crippen MR) is 24.7 cm³/mol. The number of hydrogen-bond donors (Lipinski definition) is 1. The molecule has 11 heavy (non-hydrogen) atoms. The van der Waals surface area contributed by atoms with Gasteiger partial charge in [0, 0.05) is 0 Å². The molecule has 1 atom stereocenters. The molecule has 0 aliphatic heterocycles. The van der Waals surface area contributed by atoms with E-state index in [0.29, 0.717) is 0 Å². The van der Waals surface area contributed by atoms with Crippen LogP contribution in [0, 0.1) is 0 Å². The molecule has 0 fully saturated rings. The SMILES string of the molecule is CC(F)(C(N)(F)F)C(F)(F)F. The molecule has 0 aliphatic rings. The van der Waals surface area contributed by atoms with Gasteiger partial charge in [0.2, 0.25) is 0 Å². The smallest absolute Gasteiger partial charge is 0.269 e. The summed E-state index contributed by atoms with van der Waals surface area (Å²) in [5, 5.41) is 0. The summed E-state index contributed by atoms with van der Waals surface area (Å²) in [6, 6.07) is -4.91. The van der Waals surface area contributed by atoms with Crippen molar-refractivity contribution in [2.24, 2.45) is 5.73 Å². The van der Waals surface area contributed by atoms with Gasteiger partial charge < -0.3 is 0 Å². The second-order valence-electron chi connectivity index (χ2n) is 2.12. The van der Waals surface area contributed by atoms with Crippen LogP contribution in [0.4, 0.5) is 26.3 Å². The maximum absolute atomic E-state index is 12.1. The van der Waals surface area contributed by atoms with E-state index in [4.69, 9.17) is 0 Å². The van der Waals surface area contributed by atoms with Crippen LogP contribution in [0.2, 0.25) is 0 Å². The lowest BCUT2D eigenvalue weighted by atomic mass is 10.1. The minimum atomic E-state index is -5.66. The van der Waals surface area contributed by atoms with Gasteiger partial charge in [0.15, 0.2) is 0 Å². The molecule has 0 rings (SSSR count). The van der Waals surface area contributed by atoms with Gasteiger partial charge >= 0.3 is 12.2 Å². The Morgan fingerprint density at radius 2 is 1.18 bits per heavy atom. The zero-order valence-corrected chi connectivity index (χ0v) is 5.35. The quantitative estimate of drug-likeness (QED) is 0.484. The Hall–Kier alpha value is -0.460. The average Bonchev–Trinajstić information content (AvgIpc) is 1.58. The number of alkyl halides is 6. The van der Waals surface area contributed by atoms with E-state index in [1.54, 1.807) is 0 Å². The first-order valence-corrected chi connectivity index (χ1v) is 2.42. The molecule has 0 aromatic heterocycles. The number of nitrogens with two attached hydrogens (primary N) is 1. The van der Waals surface area contributed by atoms with Crippen molar-refractivity contribution in [1.82, 2.24) is 0 Å². The van der Waals surface area contributed by atoms with E-state index >= 15 is 0 Å². The number of rotatable bonds is 1. The Balaban J connectivity index is 4.75. The van der Waals surface area contributed by atoms with Crippen molar-refractivity contribution in [3.63, 3.8) is 0 Å². The summed E-state index contributed by atoms with van der Waals surface area (Å²) in [5.41, 5.74) is -1.01. The highest BCUT2D eigenvalue weighted by Crippen LogP contribution is 2.41. The van der Waals surface area contributed by atoms with Gasteiger partial charge in [-0.25, -0.2) is 4.39 Å². The monoisotopic (exact) mass is 181 g/mol. The van der Waals surface area contributed by atoms with Gasteiger partial charge in [-0.15, -0.1) is 0 Å². The third-order valence-electron chi connectivity index (χ3n) is 1.16. The molecule has 0 saturated carbocycles. The molecule has 0 amide bonds. The van der Waals surface area contributed by atoms with Gasteiger partial charge in [-0.1, -0.05) is 0 Å². The van der Waals surface area contributed by atoms with Crippen LogP contribution in [0.5, 0.6) is 0 Å². The van der Waals surface area contributed by atoms with E-state index in [1.165, 1.54) is 0 Å². The van der Waals surface area contributed by atoms with Crippen LogP contribution in [0.3, 0.4) is 0 Å². The van der Waals surface area contributed by atoms with Crippen molar-refractivity contribution in [2.45, 2.75) is 24.8 Å². The lowest BCUT2D eigenvalue weighted by molar-refractivity contribution is -0.293. The van der Waals surface area contributed by atoms with Crippen LogP contribution in [-0.4, -0.2) is 17.9 Å². The summed E-state index contributed by atoms with van der Waals surface area (Å²) in [5.74, 6) is 0. The Labute approximate surface area is 58.2 Å². The summed E-state index contributed by atoms with van der Waals surface area (Å²) >= 11 is 0. The molecule has 2 N–H and O–H groups in total. The van der Waals surface area contributed by atoms with Crippen LogP contribution < -0.4 is 5.73 Å². The average molecular weight is 181 g/mol. The first kappa shape index (κ1) is 10.5. The summed E-state index contributed by atoms with van der Waals surface area (Å²) in [7, 11) is 0. The van der Waals surface area contributed by atoms with Gasteiger partial charge in [-0.3, -0.25) is 5.73 Å². The van der Waals surface area contributed by atoms with Crippen LogP contribution in [0.1, 0.15) is 6.92 Å². The second-order valence-corrected chi connectivity index (χ2v) is 2.12. The highest BCUT2D eigenvalue weighted by atomic mass is 19.4. The largest absolute Gasteiger partial charge is 0.429 e. The maximum atomic E-state index is 12.1. The summed E-state index contributed by atoms with van der Waals surface area (Å²) in [4.78, 5) is 0. The Kier molecular flexibility index (Phi) is 2.17. The molecular weight excluding hydrogens is 176 g/mol. The van der Waals surface area contributed by atoms with E-state index in [-0.39, 0.29) is 6.92 Å². The normalized spacial score (nSPS) is 19.6. The van der Waals surface area contributed by atoms with E-state index in [0.717, 1.165) is 0 Å². The van der Waals surface area contributed by atoms with E-state index in [2.05, 4.69) is 5.73 Å². The fourth-order valence-electron chi connectivity index (χ4n) is 0.189. The standard InChI is InChI=1S/C4H5F6N/c1-2(5,3(6,7)8)4(9,10)11/h11H2,1H3. The van der Waals surface area contributed by atoms with E-state index in [1.807, 2.05) is 0 Å². The van der Waals surface area contributed by atoms with Crippen molar-refractivity contribution < 1.29 is 26.3 Å². The molecule has 1 unspecified atom stereocenters. The van der Waals surface area contributed by atoms with Crippen molar-refractivity contribution >= 4 is 0 Å². The molecule has 0 spiro atoms. The third-order valence-corrected chi connectivity index (χ3v) is 1.16. The van der Waals surface area contributed by atoms with Crippen LogP contribution in [-0.2, 0) is 0 Å². The molecular formula is C4H5F6N.